The molecule has 4 aromatic rings. The molecule has 33 heavy (non-hydrogen) atoms. The normalized spacial score (nSPS) is 12.3. The Morgan fingerprint density at radius 2 is 1.88 bits per heavy atom. The number of alkyl carbamates (subject to hydrolysis) is 1. The highest BCUT2D eigenvalue weighted by atomic mass is 32.1. The van der Waals surface area contributed by atoms with Gasteiger partial charge in [-0.15, -0.1) is 11.3 Å². The number of nitrogens with zero attached hydrogens (tertiary/aromatic N) is 1. The molecule has 3 aromatic heterocycles. The van der Waals surface area contributed by atoms with Gasteiger partial charge in [-0.2, -0.15) is 0 Å². The summed E-state index contributed by atoms with van der Waals surface area (Å²) < 4.78 is 5.33. The molecule has 0 aliphatic carbocycles. The van der Waals surface area contributed by atoms with Crippen molar-refractivity contribution in [2.45, 2.75) is 32.4 Å². The second-order valence-electron chi connectivity index (χ2n) is 8.58. The number of hydrogen-bond acceptors (Lipinski definition) is 5. The lowest BCUT2D eigenvalue weighted by Crippen LogP contribution is -2.40. The number of carbonyl (C=O) groups is 2. The highest BCUT2D eigenvalue weighted by molar-refractivity contribution is 7.17. The van der Waals surface area contributed by atoms with Gasteiger partial charge in [0.1, 0.15) is 11.2 Å². The smallest absolute Gasteiger partial charge is 0.407 e. The maximum atomic E-state index is 13.1. The van der Waals surface area contributed by atoms with Gasteiger partial charge in [-0.25, -0.2) is 9.78 Å². The van der Waals surface area contributed by atoms with Crippen molar-refractivity contribution in [3.05, 3.63) is 77.4 Å². The first kappa shape index (κ1) is 22.5. The van der Waals surface area contributed by atoms with E-state index in [0.29, 0.717) is 4.88 Å². The number of benzene rings is 1. The molecule has 170 valence electrons. The van der Waals surface area contributed by atoms with E-state index in [-0.39, 0.29) is 12.5 Å². The molecule has 2 amide bonds. The third kappa shape index (κ3) is 5.59. The average Bonchev–Trinajstić information content (AvgIpc) is 3.45. The van der Waals surface area contributed by atoms with Crippen LogP contribution in [0.5, 0.6) is 0 Å². The summed E-state index contributed by atoms with van der Waals surface area (Å²) in [5.74, 6) is -0.203. The molecule has 0 spiro atoms. The Morgan fingerprint density at radius 3 is 2.64 bits per heavy atom. The van der Waals surface area contributed by atoms with Crippen LogP contribution < -0.4 is 10.6 Å². The summed E-state index contributed by atoms with van der Waals surface area (Å²) in [6.07, 6.45) is 3.08. The molecule has 0 bridgehead atoms. The predicted octanol–water partition coefficient (Wildman–Crippen LogP) is 5.29. The fraction of sp³-hybridized carbons (Fsp3) is 0.240. The van der Waals surface area contributed by atoms with Gasteiger partial charge in [0.2, 0.25) is 0 Å². The van der Waals surface area contributed by atoms with Crippen LogP contribution in [0.4, 0.5) is 4.79 Å². The molecule has 0 radical (unpaired) electrons. The first-order chi connectivity index (χ1) is 15.8. The molecule has 1 atom stereocenters. The molecule has 0 fully saturated rings. The van der Waals surface area contributed by atoms with Crippen LogP contribution in [0.3, 0.4) is 0 Å². The van der Waals surface area contributed by atoms with Crippen LogP contribution in [-0.4, -0.2) is 34.1 Å². The number of rotatable bonds is 6. The lowest BCUT2D eigenvalue weighted by molar-refractivity contribution is 0.0520. The third-order valence-electron chi connectivity index (χ3n) is 4.91. The zero-order valence-electron chi connectivity index (χ0n) is 18.7. The Kier molecular flexibility index (Phi) is 6.46. The molecular weight excluding hydrogens is 436 g/mol. The second kappa shape index (κ2) is 9.46. The van der Waals surface area contributed by atoms with E-state index in [1.165, 1.54) is 11.3 Å². The van der Waals surface area contributed by atoms with Crippen molar-refractivity contribution in [1.29, 1.82) is 0 Å². The Labute approximate surface area is 196 Å². The summed E-state index contributed by atoms with van der Waals surface area (Å²) in [4.78, 5) is 34.2. The Bertz CT molecular complexity index is 1260. The number of H-pyrrole nitrogens is 1. The highest BCUT2D eigenvalue weighted by Gasteiger charge is 2.21. The number of fused-ring (bicyclic) bond motifs is 1. The molecule has 1 unspecified atom stereocenters. The number of amides is 2. The number of thiophene rings is 1. The number of hydrogen-bond donors (Lipinski definition) is 3. The molecule has 3 heterocycles. The number of aromatic amines is 1. The van der Waals surface area contributed by atoms with Crippen molar-refractivity contribution < 1.29 is 14.3 Å². The van der Waals surface area contributed by atoms with Crippen LogP contribution >= 0.6 is 11.3 Å². The Morgan fingerprint density at radius 1 is 1.09 bits per heavy atom. The standard InChI is InChI=1S/C25H26N4O3S/c1-25(2,3)32-24(31)28-15-19(16-7-5-4-6-8-16)29-23(30)21-10-9-20(33-21)17-11-13-26-22-18(17)12-14-27-22/h4-14,19H,15H2,1-3H3,(H,26,27)(H,28,31)(H,29,30). The molecule has 0 saturated carbocycles. The number of carbonyl (C=O) groups excluding carboxylic acids is 2. The molecule has 3 N–H and O–H groups in total. The largest absolute Gasteiger partial charge is 0.444 e. The van der Waals surface area contributed by atoms with Gasteiger partial charge in [-0.1, -0.05) is 30.3 Å². The molecular formula is C25H26N4O3S. The van der Waals surface area contributed by atoms with Crippen molar-refractivity contribution in [3.8, 4) is 10.4 Å². The summed E-state index contributed by atoms with van der Waals surface area (Å²) in [5, 5.41) is 6.82. The number of nitrogens with one attached hydrogen (secondary N) is 3. The molecule has 0 aliphatic heterocycles. The summed E-state index contributed by atoms with van der Waals surface area (Å²) in [7, 11) is 0. The van der Waals surface area contributed by atoms with Gasteiger partial charge in [0.15, 0.2) is 0 Å². The Hall–Kier alpha value is -3.65. The number of pyridine rings is 1. The van der Waals surface area contributed by atoms with E-state index in [2.05, 4.69) is 20.6 Å². The van der Waals surface area contributed by atoms with Crippen molar-refractivity contribution in [3.63, 3.8) is 0 Å². The van der Waals surface area contributed by atoms with Gasteiger partial charge < -0.3 is 20.4 Å². The van der Waals surface area contributed by atoms with Crippen LogP contribution in [0.25, 0.3) is 21.5 Å². The zero-order valence-corrected chi connectivity index (χ0v) is 19.5. The van der Waals surface area contributed by atoms with Gasteiger partial charge in [-0.05, 0) is 50.6 Å². The SMILES string of the molecule is CC(C)(C)OC(=O)NCC(NC(=O)c1ccc(-c2ccnc3[nH]ccc23)s1)c1ccccc1. The zero-order chi connectivity index (χ0) is 23.4. The monoisotopic (exact) mass is 462 g/mol. The minimum Gasteiger partial charge on any atom is -0.444 e. The van der Waals surface area contributed by atoms with Crippen molar-refractivity contribution >= 4 is 34.4 Å². The van der Waals surface area contributed by atoms with E-state index in [9.17, 15) is 9.59 Å². The Balaban J connectivity index is 1.50. The summed E-state index contributed by atoms with van der Waals surface area (Å²) in [5.41, 5.74) is 2.13. The van der Waals surface area contributed by atoms with Gasteiger partial charge in [0.05, 0.1) is 10.9 Å². The van der Waals surface area contributed by atoms with Crippen LogP contribution in [0, 0.1) is 0 Å². The summed E-state index contributed by atoms with van der Waals surface area (Å²) in [6.45, 7) is 5.63. The van der Waals surface area contributed by atoms with Gasteiger partial charge in [0.25, 0.3) is 5.91 Å². The highest BCUT2D eigenvalue weighted by Crippen LogP contribution is 2.33. The first-order valence-corrected chi connectivity index (χ1v) is 11.5. The molecule has 7 nitrogen and oxygen atoms in total. The molecule has 0 aliphatic rings. The molecule has 8 heteroatoms. The maximum absolute atomic E-state index is 13.1. The van der Waals surface area contributed by atoms with E-state index < -0.39 is 17.7 Å². The average molecular weight is 463 g/mol. The minimum atomic E-state index is -0.596. The number of ether oxygens (including phenoxy) is 1. The van der Waals surface area contributed by atoms with Crippen molar-refractivity contribution in [1.82, 2.24) is 20.6 Å². The van der Waals surface area contributed by atoms with Gasteiger partial charge >= 0.3 is 6.09 Å². The molecule has 4 rings (SSSR count). The van der Waals surface area contributed by atoms with Crippen LogP contribution in [0.2, 0.25) is 0 Å². The summed E-state index contributed by atoms with van der Waals surface area (Å²) >= 11 is 1.42. The lowest BCUT2D eigenvalue weighted by atomic mass is 10.1. The molecule has 0 saturated heterocycles. The van der Waals surface area contributed by atoms with Crippen molar-refractivity contribution in [2.24, 2.45) is 0 Å². The topological polar surface area (TPSA) is 96.1 Å². The van der Waals surface area contributed by atoms with E-state index in [0.717, 1.165) is 27.0 Å². The van der Waals surface area contributed by atoms with Crippen LogP contribution in [0.1, 0.15) is 42.0 Å². The second-order valence-corrected chi connectivity index (χ2v) is 9.67. The maximum Gasteiger partial charge on any atom is 0.407 e. The lowest BCUT2D eigenvalue weighted by Gasteiger charge is -2.23. The fourth-order valence-corrected chi connectivity index (χ4v) is 4.40. The van der Waals surface area contributed by atoms with Crippen LogP contribution in [0.15, 0.2) is 67.0 Å². The molecule has 1 aromatic carbocycles. The van der Waals surface area contributed by atoms with E-state index >= 15 is 0 Å². The third-order valence-corrected chi connectivity index (χ3v) is 6.03. The number of aromatic nitrogens is 2. The van der Waals surface area contributed by atoms with E-state index in [1.807, 2.05) is 60.8 Å². The van der Waals surface area contributed by atoms with Crippen molar-refractivity contribution in [2.75, 3.05) is 6.54 Å². The van der Waals surface area contributed by atoms with Gasteiger partial charge in [-0.3, -0.25) is 4.79 Å². The van der Waals surface area contributed by atoms with Gasteiger partial charge in [0, 0.05) is 34.8 Å². The predicted molar refractivity (Wildman–Crippen MR) is 130 cm³/mol. The van der Waals surface area contributed by atoms with E-state index in [4.69, 9.17) is 4.74 Å². The van der Waals surface area contributed by atoms with Crippen LogP contribution in [-0.2, 0) is 4.74 Å². The summed E-state index contributed by atoms with van der Waals surface area (Å²) in [6, 6.07) is 16.8. The quantitative estimate of drug-likeness (QED) is 0.363. The fourth-order valence-electron chi connectivity index (χ4n) is 3.45. The first-order valence-electron chi connectivity index (χ1n) is 10.6. The van der Waals surface area contributed by atoms with E-state index in [1.54, 1.807) is 27.0 Å². The minimum absolute atomic E-state index is 0.203.